The number of nitrogens with two attached hydrogens (primary N) is 1. The Bertz CT molecular complexity index is 545. The first-order valence-electron chi connectivity index (χ1n) is 7.12. The largest absolute Gasteiger partial charge is 0.322 e. The summed E-state index contributed by atoms with van der Waals surface area (Å²) in [5.41, 5.74) is 5.82. The van der Waals surface area contributed by atoms with E-state index < -0.39 is 38.3 Å². The van der Waals surface area contributed by atoms with Gasteiger partial charge in [-0.3, -0.25) is 4.79 Å². The lowest BCUT2D eigenvalue weighted by atomic mass is 10.0. The molecule has 6 nitrogen and oxygen atoms in total. The molecule has 4 atom stereocenters. The Morgan fingerprint density at radius 2 is 1.95 bits per heavy atom. The van der Waals surface area contributed by atoms with Gasteiger partial charge in [0, 0.05) is 6.04 Å². The number of nitriles is 1. The van der Waals surface area contributed by atoms with Crippen molar-refractivity contribution < 1.29 is 13.2 Å². The van der Waals surface area contributed by atoms with Gasteiger partial charge in [-0.2, -0.15) is 5.26 Å². The first kappa shape index (κ1) is 17.9. The van der Waals surface area contributed by atoms with E-state index in [1.807, 2.05) is 13.8 Å². The van der Waals surface area contributed by atoms with E-state index >= 15 is 0 Å². The van der Waals surface area contributed by atoms with E-state index in [4.69, 9.17) is 11.0 Å². The molecule has 7 heteroatoms. The highest BCUT2D eigenvalue weighted by atomic mass is 32.2. The first-order chi connectivity index (χ1) is 9.42. The lowest BCUT2D eigenvalue weighted by Gasteiger charge is -2.29. The van der Waals surface area contributed by atoms with Gasteiger partial charge < -0.3 is 10.6 Å². The molecule has 0 saturated carbocycles. The summed E-state index contributed by atoms with van der Waals surface area (Å²) >= 11 is 0. The zero-order valence-corrected chi connectivity index (χ0v) is 14.1. The third-order valence-corrected chi connectivity index (χ3v) is 6.91. The zero-order chi connectivity index (χ0) is 16.6. The maximum atomic E-state index is 12.5. The standard InChI is InChI=1S/C14H25N3O3S/c1-9-6-11(7-15)17(10(9)2)13(18)12(16)8-21(19,20)14(3,4)5/h9-12H,6,8,16H2,1-5H3/t9-,10-,11-,12-/m0/s1. The lowest BCUT2D eigenvalue weighted by Crippen LogP contribution is -2.52. The van der Waals surface area contributed by atoms with Crippen LogP contribution in [0.2, 0.25) is 0 Å². The molecule has 0 unspecified atom stereocenters. The smallest absolute Gasteiger partial charge is 0.241 e. The summed E-state index contributed by atoms with van der Waals surface area (Å²) < 4.78 is 23.4. The number of amides is 1. The van der Waals surface area contributed by atoms with Crippen LogP contribution in [0, 0.1) is 17.2 Å². The highest BCUT2D eigenvalue weighted by Crippen LogP contribution is 2.30. The molecule has 1 aliphatic heterocycles. The Kier molecular flexibility index (Phi) is 5.06. The molecule has 0 aromatic heterocycles. The van der Waals surface area contributed by atoms with Gasteiger partial charge in [0.2, 0.25) is 5.91 Å². The molecule has 21 heavy (non-hydrogen) atoms. The third-order valence-electron chi connectivity index (χ3n) is 4.25. The number of hydrogen-bond acceptors (Lipinski definition) is 5. The molecule has 1 amide bonds. The molecule has 120 valence electrons. The van der Waals surface area contributed by atoms with Crippen molar-refractivity contribution in [1.82, 2.24) is 4.90 Å². The molecule has 0 aromatic rings. The highest BCUT2D eigenvalue weighted by Gasteiger charge is 2.42. The second-order valence-corrected chi connectivity index (χ2v) is 9.63. The Balaban J connectivity index is 2.92. The van der Waals surface area contributed by atoms with Crippen LogP contribution in [0.25, 0.3) is 0 Å². The minimum atomic E-state index is -3.48. The van der Waals surface area contributed by atoms with Crippen molar-refractivity contribution >= 4 is 15.7 Å². The van der Waals surface area contributed by atoms with Crippen LogP contribution in [0.4, 0.5) is 0 Å². The first-order valence-corrected chi connectivity index (χ1v) is 8.77. The van der Waals surface area contributed by atoms with Gasteiger partial charge in [0.25, 0.3) is 0 Å². The van der Waals surface area contributed by atoms with Gasteiger partial charge in [-0.15, -0.1) is 0 Å². The van der Waals surface area contributed by atoms with Crippen molar-refractivity contribution in [2.75, 3.05) is 5.75 Å². The summed E-state index contributed by atoms with van der Waals surface area (Å²) in [5.74, 6) is -0.651. The van der Waals surface area contributed by atoms with E-state index in [-0.39, 0.29) is 12.0 Å². The second-order valence-electron chi connectivity index (χ2n) is 6.84. The predicted octanol–water partition coefficient (Wildman–Crippen LogP) is 0.676. The summed E-state index contributed by atoms with van der Waals surface area (Å²) in [6.07, 6.45) is 0.599. The monoisotopic (exact) mass is 315 g/mol. The second kappa shape index (κ2) is 5.93. The number of rotatable bonds is 3. The Labute approximate surface area is 127 Å². The fourth-order valence-corrected chi connectivity index (χ4v) is 3.55. The molecular weight excluding hydrogens is 290 g/mol. The number of hydrogen-bond donors (Lipinski definition) is 1. The van der Waals surface area contributed by atoms with Crippen LogP contribution in [0.1, 0.15) is 41.0 Å². The van der Waals surface area contributed by atoms with Crippen molar-refractivity contribution in [3.05, 3.63) is 0 Å². The molecule has 1 fully saturated rings. The van der Waals surface area contributed by atoms with E-state index in [0.717, 1.165) is 0 Å². The average Bonchev–Trinajstić information content (AvgIpc) is 2.62. The van der Waals surface area contributed by atoms with Crippen molar-refractivity contribution in [1.29, 1.82) is 5.26 Å². The third kappa shape index (κ3) is 3.55. The molecule has 0 bridgehead atoms. The van der Waals surface area contributed by atoms with Crippen LogP contribution in [0.15, 0.2) is 0 Å². The number of nitrogens with zero attached hydrogens (tertiary/aromatic N) is 2. The molecule has 0 aromatic carbocycles. The summed E-state index contributed by atoms with van der Waals surface area (Å²) in [6, 6.07) is 0.348. The molecule has 1 rings (SSSR count). The number of sulfone groups is 1. The molecule has 2 N–H and O–H groups in total. The molecule has 0 radical (unpaired) electrons. The Morgan fingerprint density at radius 1 is 1.43 bits per heavy atom. The van der Waals surface area contributed by atoms with Crippen LogP contribution >= 0.6 is 0 Å². The zero-order valence-electron chi connectivity index (χ0n) is 13.3. The van der Waals surface area contributed by atoms with Gasteiger partial charge in [-0.25, -0.2) is 8.42 Å². The van der Waals surface area contributed by atoms with Crippen molar-refractivity contribution in [2.45, 2.75) is 63.9 Å². The molecular formula is C14H25N3O3S. The average molecular weight is 315 g/mol. The van der Waals surface area contributed by atoms with Crippen LogP contribution in [0.5, 0.6) is 0 Å². The Hall–Kier alpha value is -1.13. The van der Waals surface area contributed by atoms with E-state index in [2.05, 4.69) is 6.07 Å². The molecule has 0 aliphatic carbocycles. The maximum absolute atomic E-state index is 12.5. The normalized spacial score (nSPS) is 28.2. The number of carbonyl (C=O) groups excluding carboxylic acids is 1. The molecule has 1 saturated heterocycles. The van der Waals surface area contributed by atoms with Crippen LogP contribution in [-0.4, -0.2) is 47.9 Å². The van der Waals surface area contributed by atoms with Gasteiger partial charge in [-0.1, -0.05) is 6.92 Å². The maximum Gasteiger partial charge on any atom is 0.241 e. The van der Waals surface area contributed by atoms with Crippen molar-refractivity contribution in [3.63, 3.8) is 0 Å². The van der Waals surface area contributed by atoms with Gasteiger partial charge in [0.1, 0.15) is 6.04 Å². The van der Waals surface area contributed by atoms with E-state index in [0.29, 0.717) is 6.42 Å². The minimum Gasteiger partial charge on any atom is -0.322 e. The summed E-state index contributed by atoms with van der Waals surface area (Å²) in [6.45, 7) is 8.58. The van der Waals surface area contributed by atoms with Gasteiger partial charge in [0.05, 0.1) is 22.6 Å². The van der Waals surface area contributed by atoms with Crippen molar-refractivity contribution in [3.8, 4) is 6.07 Å². The topological polar surface area (TPSA) is 104 Å². The van der Waals surface area contributed by atoms with Gasteiger partial charge in [-0.05, 0) is 40.0 Å². The summed E-state index contributed by atoms with van der Waals surface area (Å²) in [5, 5.41) is 9.16. The van der Waals surface area contributed by atoms with E-state index in [1.54, 1.807) is 20.8 Å². The highest BCUT2D eigenvalue weighted by molar-refractivity contribution is 7.92. The quantitative estimate of drug-likeness (QED) is 0.824. The van der Waals surface area contributed by atoms with Crippen LogP contribution in [0.3, 0.4) is 0 Å². The predicted molar refractivity (Wildman–Crippen MR) is 81.0 cm³/mol. The molecule has 1 aliphatic rings. The number of likely N-dealkylation sites (tertiary alicyclic amines) is 1. The van der Waals surface area contributed by atoms with Gasteiger partial charge in [0.15, 0.2) is 9.84 Å². The van der Waals surface area contributed by atoms with Crippen molar-refractivity contribution in [2.24, 2.45) is 11.7 Å². The van der Waals surface area contributed by atoms with E-state index in [9.17, 15) is 13.2 Å². The molecule has 1 heterocycles. The number of carbonyl (C=O) groups is 1. The molecule has 0 spiro atoms. The fraction of sp³-hybridized carbons (Fsp3) is 0.857. The summed E-state index contributed by atoms with van der Waals surface area (Å²) in [4.78, 5) is 13.9. The van der Waals surface area contributed by atoms with Gasteiger partial charge >= 0.3 is 0 Å². The Morgan fingerprint density at radius 3 is 2.38 bits per heavy atom. The summed E-state index contributed by atoms with van der Waals surface area (Å²) in [7, 11) is -3.48. The van der Waals surface area contributed by atoms with Crippen LogP contribution in [-0.2, 0) is 14.6 Å². The SMILES string of the molecule is C[C@H]1C[C@@H](C#N)N(C(=O)[C@@H](N)CS(=O)(=O)C(C)(C)C)[C@H]1C. The fourth-order valence-electron chi connectivity index (χ4n) is 2.44. The minimum absolute atomic E-state index is 0.106. The van der Waals surface area contributed by atoms with E-state index in [1.165, 1.54) is 4.90 Å². The van der Waals surface area contributed by atoms with Crippen LogP contribution < -0.4 is 5.73 Å². The lowest BCUT2D eigenvalue weighted by molar-refractivity contribution is -0.134.